The van der Waals surface area contributed by atoms with Crippen molar-refractivity contribution in [2.75, 3.05) is 0 Å². The first-order valence-electron chi connectivity index (χ1n) is 9.77. The molecule has 0 amide bonds. The molecule has 0 radical (unpaired) electrons. The molecule has 0 atom stereocenters. The van der Waals surface area contributed by atoms with Crippen LogP contribution in [0.5, 0.6) is 5.75 Å². The van der Waals surface area contributed by atoms with Crippen molar-refractivity contribution in [2.45, 2.75) is 13.5 Å². The van der Waals surface area contributed by atoms with Crippen LogP contribution in [0.25, 0.3) is 32.3 Å². The summed E-state index contributed by atoms with van der Waals surface area (Å²) in [5, 5.41) is 2.62. The van der Waals surface area contributed by atoms with Crippen LogP contribution in [0.1, 0.15) is 5.76 Å². The summed E-state index contributed by atoms with van der Waals surface area (Å²) in [5.41, 5.74) is 1.13. The SMILES string of the molecule is Cc1oc2cc(OC(=O)Cn3cnc4sccc4c3=O)ccc2c(=O)c1-c1ccccc1. The van der Waals surface area contributed by atoms with Gasteiger partial charge in [-0.25, -0.2) is 9.78 Å². The molecule has 0 fully saturated rings. The molecule has 0 spiro atoms. The number of esters is 1. The molecule has 0 N–H and O–H groups in total. The van der Waals surface area contributed by atoms with E-state index in [0.717, 1.165) is 5.56 Å². The Labute approximate surface area is 185 Å². The normalized spacial score (nSPS) is 11.2. The van der Waals surface area contributed by atoms with E-state index in [2.05, 4.69) is 4.98 Å². The van der Waals surface area contributed by atoms with Gasteiger partial charge in [0.05, 0.1) is 22.7 Å². The second-order valence-corrected chi connectivity index (χ2v) is 8.07. The first kappa shape index (κ1) is 19.9. The van der Waals surface area contributed by atoms with Crippen molar-refractivity contribution in [1.82, 2.24) is 9.55 Å². The molecule has 8 heteroatoms. The highest BCUT2D eigenvalue weighted by molar-refractivity contribution is 7.16. The molecular formula is C24H16N2O5S. The number of rotatable bonds is 4. The summed E-state index contributed by atoms with van der Waals surface area (Å²) in [6.07, 6.45) is 1.33. The average Bonchev–Trinajstić information content (AvgIpc) is 3.26. The largest absolute Gasteiger partial charge is 0.460 e. The first-order chi connectivity index (χ1) is 15.5. The summed E-state index contributed by atoms with van der Waals surface area (Å²) in [6.45, 7) is 1.44. The number of carbonyl (C=O) groups is 1. The molecule has 0 aliphatic rings. The number of hydrogen-bond acceptors (Lipinski definition) is 7. The Morgan fingerprint density at radius 3 is 2.72 bits per heavy atom. The lowest BCUT2D eigenvalue weighted by Gasteiger charge is -2.09. The van der Waals surface area contributed by atoms with Crippen LogP contribution in [0.3, 0.4) is 0 Å². The molecule has 3 heterocycles. The van der Waals surface area contributed by atoms with E-state index in [1.807, 2.05) is 30.3 Å². The smallest absolute Gasteiger partial charge is 0.331 e. The van der Waals surface area contributed by atoms with Crippen molar-refractivity contribution in [2.24, 2.45) is 0 Å². The summed E-state index contributed by atoms with van der Waals surface area (Å²) in [7, 11) is 0. The molecule has 0 saturated carbocycles. The zero-order chi connectivity index (χ0) is 22.2. The van der Waals surface area contributed by atoms with Gasteiger partial charge >= 0.3 is 5.97 Å². The standard InChI is InChI=1S/C24H16N2O5S/c1-14-21(15-5-3-2-4-6-15)22(28)17-8-7-16(11-19(17)30-14)31-20(27)12-26-13-25-23-18(24(26)29)9-10-32-23/h2-11,13H,12H2,1H3. The number of ether oxygens (including phenoxy) is 1. The molecule has 0 aliphatic heterocycles. The van der Waals surface area contributed by atoms with Crippen LogP contribution in [0.2, 0.25) is 0 Å². The third-order valence-electron chi connectivity index (χ3n) is 5.08. The van der Waals surface area contributed by atoms with Crippen LogP contribution < -0.4 is 15.7 Å². The van der Waals surface area contributed by atoms with E-state index in [4.69, 9.17) is 9.15 Å². The van der Waals surface area contributed by atoms with Gasteiger partial charge < -0.3 is 9.15 Å². The summed E-state index contributed by atoms with van der Waals surface area (Å²) in [5.74, 6) is 0.0526. The average molecular weight is 444 g/mol. The van der Waals surface area contributed by atoms with E-state index in [0.29, 0.717) is 32.5 Å². The number of fused-ring (bicyclic) bond motifs is 2. The molecule has 2 aromatic carbocycles. The number of hydrogen-bond donors (Lipinski definition) is 0. The van der Waals surface area contributed by atoms with Crippen LogP contribution in [-0.2, 0) is 11.3 Å². The lowest BCUT2D eigenvalue weighted by atomic mass is 10.0. The van der Waals surface area contributed by atoms with E-state index in [9.17, 15) is 14.4 Å². The molecule has 5 aromatic rings. The highest BCUT2D eigenvalue weighted by atomic mass is 32.1. The molecule has 7 nitrogen and oxygen atoms in total. The highest BCUT2D eigenvalue weighted by Crippen LogP contribution is 2.26. The molecule has 32 heavy (non-hydrogen) atoms. The third kappa shape index (κ3) is 3.50. The third-order valence-corrected chi connectivity index (χ3v) is 5.90. The van der Waals surface area contributed by atoms with Gasteiger partial charge in [-0.15, -0.1) is 11.3 Å². The number of thiophene rings is 1. The fraction of sp³-hybridized carbons (Fsp3) is 0.0833. The van der Waals surface area contributed by atoms with E-state index in [-0.39, 0.29) is 23.3 Å². The molecule has 3 aromatic heterocycles. The van der Waals surface area contributed by atoms with Crippen molar-refractivity contribution < 1.29 is 13.9 Å². The van der Waals surface area contributed by atoms with Crippen LogP contribution in [0, 0.1) is 6.92 Å². The second-order valence-electron chi connectivity index (χ2n) is 7.18. The van der Waals surface area contributed by atoms with Gasteiger partial charge in [-0.1, -0.05) is 30.3 Å². The van der Waals surface area contributed by atoms with Gasteiger partial charge in [-0.2, -0.15) is 0 Å². The molecule has 0 unspecified atom stereocenters. The second kappa shape index (κ2) is 7.90. The fourth-order valence-electron chi connectivity index (χ4n) is 3.60. The van der Waals surface area contributed by atoms with E-state index < -0.39 is 5.97 Å². The predicted molar refractivity (Wildman–Crippen MR) is 122 cm³/mol. The zero-order valence-corrected chi connectivity index (χ0v) is 17.7. The molecule has 158 valence electrons. The Morgan fingerprint density at radius 2 is 1.91 bits per heavy atom. The molecular weight excluding hydrogens is 428 g/mol. The topological polar surface area (TPSA) is 91.4 Å². The summed E-state index contributed by atoms with van der Waals surface area (Å²) >= 11 is 1.36. The van der Waals surface area contributed by atoms with Crippen molar-refractivity contribution in [3.63, 3.8) is 0 Å². The van der Waals surface area contributed by atoms with E-state index in [1.54, 1.807) is 24.4 Å². The summed E-state index contributed by atoms with van der Waals surface area (Å²) in [6, 6.07) is 15.6. The lowest BCUT2D eigenvalue weighted by molar-refractivity contribution is -0.135. The minimum atomic E-state index is -0.636. The predicted octanol–water partition coefficient (Wildman–Crippen LogP) is 4.15. The Bertz CT molecular complexity index is 1600. The monoisotopic (exact) mass is 444 g/mol. The Hall–Kier alpha value is -4.04. The molecule has 0 bridgehead atoms. The van der Waals surface area contributed by atoms with Crippen molar-refractivity contribution >= 4 is 38.5 Å². The minimum Gasteiger partial charge on any atom is -0.460 e. The molecule has 5 rings (SSSR count). The first-order valence-corrected chi connectivity index (χ1v) is 10.7. The Balaban J connectivity index is 1.43. The van der Waals surface area contributed by atoms with Crippen molar-refractivity contribution in [3.8, 4) is 16.9 Å². The molecule has 0 aliphatic carbocycles. The number of carbonyl (C=O) groups excluding carboxylic acids is 1. The van der Waals surface area contributed by atoms with E-state index in [1.165, 1.54) is 34.4 Å². The highest BCUT2D eigenvalue weighted by Gasteiger charge is 2.15. The number of aryl methyl sites for hydroxylation is 1. The molecule has 0 saturated heterocycles. The van der Waals surface area contributed by atoms with Crippen LogP contribution in [0.4, 0.5) is 0 Å². The van der Waals surface area contributed by atoms with Gasteiger partial charge in [0.1, 0.15) is 28.5 Å². The van der Waals surface area contributed by atoms with Gasteiger partial charge in [0, 0.05) is 6.07 Å². The van der Waals surface area contributed by atoms with Gasteiger partial charge in [-0.05, 0) is 36.1 Å². The Morgan fingerprint density at radius 1 is 1.09 bits per heavy atom. The lowest BCUT2D eigenvalue weighted by Crippen LogP contribution is -2.26. The van der Waals surface area contributed by atoms with E-state index >= 15 is 0 Å². The van der Waals surface area contributed by atoms with Gasteiger partial charge in [0.2, 0.25) is 5.43 Å². The zero-order valence-electron chi connectivity index (χ0n) is 16.9. The maximum Gasteiger partial charge on any atom is 0.331 e. The van der Waals surface area contributed by atoms with Crippen molar-refractivity contribution in [1.29, 1.82) is 0 Å². The summed E-state index contributed by atoms with van der Waals surface area (Å²) in [4.78, 5) is 42.7. The maximum absolute atomic E-state index is 13.0. The quantitative estimate of drug-likeness (QED) is 0.306. The minimum absolute atomic E-state index is 0.158. The number of nitrogens with zero attached hydrogens (tertiary/aromatic N) is 2. The van der Waals surface area contributed by atoms with Gasteiger partial charge in [0.25, 0.3) is 5.56 Å². The summed E-state index contributed by atoms with van der Waals surface area (Å²) < 4.78 is 12.5. The fourth-order valence-corrected chi connectivity index (χ4v) is 4.32. The number of benzene rings is 2. The van der Waals surface area contributed by atoms with Crippen LogP contribution in [-0.4, -0.2) is 15.5 Å². The van der Waals surface area contributed by atoms with Gasteiger partial charge in [-0.3, -0.25) is 14.2 Å². The maximum atomic E-state index is 13.0. The Kier molecular flexibility index (Phi) is 4.91. The van der Waals surface area contributed by atoms with Crippen LogP contribution in [0.15, 0.2) is 80.3 Å². The van der Waals surface area contributed by atoms with Crippen molar-refractivity contribution in [3.05, 3.63) is 92.6 Å². The van der Waals surface area contributed by atoms with Crippen LogP contribution >= 0.6 is 11.3 Å². The number of aromatic nitrogens is 2. The van der Waals surface area contributed by atoms with Gasteiger partial charge in [0.15, 0.2) is 0 Å².